The van der Waals surface area contributed by atoms with Crippen molar-refractivity contribution in [1.29, 1.82) is 0 Å². The van der Waals surface area contributed by atoms with Crippen LogP contribution in [0.15, 0.2) is 71.5 Å². The third kappa shape index (κ3) is 2.46. The smallest absolute Gasteiger partial charge is 0.258 e. The van der Waals surface area contributed by atoms with E-state index in [1.165, 1.54) is 6.26 Å². The highest BCUT2D eigenvalue weighted by Gasteiger charge is 2.15. The molecule has 23 heavy (non-hydrogen) atoms. The molecule has 0 bridgehead atoms. The fourth-order valence-corrected chi connectivity index (χ4v) is 2.31. The first kappa shape index (κ1) is 13.3. The van der Waals surface area contributed by atoms with Crippen molar-refractivity contribution in [2.24, 2.45) is 0 Å². The van der Waals surface area contributed by atoms with Crippen LogP contribution in [0.3, 0.4) is 0 Å². The van der Waals surface area contributed by atoms with Crippen molar-refractivity contribution in [2.45, 2.75) is 0 Å². The molecule has 4 rings (SSSR count). The number of fused-ring (bicyclic) bond motifs is 1. The number of nitrogens with zero attached hydrogens (tertiary/aromatic N) is 3. The quantitative estimate of drug-likeness (QED) is 0.630. The van der Waals surface area contributed by atoms with Gasteiger partial charge in [0.05, 0.1) is 5.56 Å². The fraction of sp³-hybridized carbons (Fsp3) is 0. The molecule has 3 aromatic heterocycles. The molecule has 6 heteroatoms. The number of para-hydroxylation sites is 1. The van der Waals surface area contributed by atoms with Gasteiger partial charge in [-0.15, -0.1) is 10.2 Å². The number of aromatic nitrogens is 3. The van der Waals surface area contributed by atoms with Gasteiger partial charge < -0.3 is 9.73 Å². The summed E-state index contributed by atoms with van der Waals surface area (Å²) in [6.07, 6.45) is 3.26. The normalized spacial score (nSPS) is 10.8. The molecule has 0 radical (unpaired) electrons. The molecular formula is C17H12N4O2. The van der Waals surface area contributed by atoms with Gasteiger partial charge in [0.1, 0.15) is 6.26 Å². The van der Waals surface area contributed by atoms with E-state index >= 15 is 0 Å². The molecule has 0 saturated heterocycles. The lowest BCUT2D eigenvalue weighted by Gasteiger charge is -2.01. The molecule has 4 aromatic rings. The van der Waals surface area contributed by atoms with Crippen LogP contribution in [0.5, 0.6) is 0 Å². The maximum Gasteiger partial charge on any atom is 0.258 e. The minimum absolute atomic E-state index is 0.236. The maximum atomic E-state index is 12.2. The van der Waals surface area contributed by atoms with Gasteiger partial charge in [0, 0.05) is 18.0 Å². The lowest BCUT2D eigenvalue weighted by Crippen LogP contribution is -2.10. The van der Waals surface area contributed by atoms with Crippen molar-refractivity contribution >= 4 is 17.2 Å². The van der Waals surface area contributed by atoms with Gasteiger partial charge in [0.2, 0.25) is 5.82 Å². The monoisotopic (exact) mass is 304 g/mol. The number of amides is 1. The number of pyridine rings is 1. The van der Waals surface area contributed by atoms with E-state index in [-0.39, 0.29) is 5.91 Å². The van der Waals surface area contributed by atoms with Crippen LogP contribution in [0.1, 0.15) is 10.4 Å². The van der Waals surface area contributed by atoms with Gasteiger partial charge in [-0.05, 0) is 24.3 Å². The topological polar surface area (TPSA) is 72.4 Å². The van der Waals surface area contributed by atoms with E-state index in [0.29, 0.717) is 22.8 Å². The number of anilines is 1. The van der Waals surface area contributed by atoms with Crippen LogP contribution >= 0.6 is 0 Å². The Morgan fingerprint density at radius 2 is 1.87 bits per heavy atom. The summed E-state index contributed by atoms with van der Waals surface area (Å²) in [6, 6.07) is 16.5. The van der Waals surface area contributed by atoms with E-state index in [1.54, 1.807) is 10.5 Å². The first-order valence-electron chi connectivity index (χ1n) is 7.06. The molecule has 1 N–H and O–H groups in total. The number of furan rings is 1. The molecule has 6 nitrogen and oxygen atoms in total. The number of rotatable bonds is 3. The van der Waals surface area contributed by atoms with E-state index in [4.69, 9.17) is 4.42 Å². The van der Waals surface area contributed by atoms with Crippen LogP contribution in [0.4, 0.5) is 5.69 Å². The molecule has 0 spiro atoms. The molecular weight excluding hydrogens is 292 g/mol. The van der Waals surface area contributed by atoms with Gasteiger partial charge in [-0.2, -0.15) is 0 Å². The SMILES string of the molecule is O=C(Nc1ccccc1)c1coc(-c2nnc3ccccn23)c1. The Balaban J connectivity index is 1.63. The van der Waals surface area contributed by atoms with Gasteiger partial charge >= 0.3 is 0 Å². The molecule has 0 aliphatic rings. The van der Waals surface area contributed by atoms with E-state index in [0.717, 1.165) is 5.69 Å². The Morgan fingerprint density at radius 1 is 1.04 bits per heavy atom. The second-order valence-electron chi connectivity index (χ2n) is 4.97. The second-order valence-corrected chi connectivity index (χ2v) is 4.97. The maximum absolute atomic E-state index is 12.2. The minimum Gasteiger partial charge on any atom is -0.460 e. The van der Waals surface area contributed by atoms with E-state index in [9.17, 15) is 4.79 Å². The average molecular weight is 304 g/mol. The standard InChI is InChI=1S/C17H12N4O2/c22-17(18-13-6-2-1-3-7-13)12-10-14(23-11-12)16-20-19-15-8-4-5-9-21(15)16/h1-11H,(H,18,22). The zero-order chi connectivity index (χ0) is 15.6. The van der Waals surface area contributed by atoms with Crippen molar-refractivity contribution in [3.8, 4) is 11.6 Å². The van der Waals surface area contributed by atoms with E-state index < -0.39 is 0 Å². The summed E-state index contributed by atoms with van der Waals surface area (Å²) in [5.74, 6) is 0.807. The lowest BCUT2D eigenvalue weighted by molar-refractivity contribution is 0.102. The van der Waals surface area contributed by atoms with Crippen LogP contribution in [0.25, 0.3) is 17.2 Å². The highest BCUT2D eigenvalue weighted by atomic mass is 16.3. The summed E-state index contributed by atoms with van der Waals surface area (Å²) in [4.78, 5) is 12.2. The van der Waals surface area contributed by atoms with Crippen molar-refractivity contribution in [3.63, 3.8) is 0 Å². The molecule has 0 aliphatic heterocycles. The molecule has 0 saturated carbocycles. The number of nitrogens with one attached hydrogen (secondary N) is 1. The Labute approximate surface area is 131 Å². The van der Waals surface area contributed by atoms with Crippen LogP contribution in [-0.2, 0) is 0 Å². The number of carbonyl (C=O) groups is 1. The van der Waals surface area contributed by atoms with Gasteiger partial charge in [-0.3, -0.25) is 9.20 Å². The summed E-state index contributed by atoms with van der Waals surface area (Å²) in [7, 11) is 0. The second kappa shape index (κ2) is 5.42. The number of benzene rings is 1. The predicted molar refractivity (Wildman–Crippen MR) is 85.1 cm³/mol. The van der Waals surface area contributed by atoms with Crippen molar-refractivity contribution < 1.29 is 9.21 Å². The third-order valence-corrected chi connectivity index (χ3v) is 3.43. The van der Waals surface area contributed by atoms with Crippen LogP contribution in [0, 0.1) is 0 Å². The molecule has 1 aromatic carbocycles. The minimum atomic E-state index is -0.236. The number of hydrogen-bond donors (Lipinski definition) is 1. The van der Waals surface area contributed by atoms with Crippen molar-refractivity contribution in [1.82, 2.24) is 14.6 Å². The molecule has 0 atom stereocenters. The summed E-state index contributed by atoms with van der Waals surface area (Å²) < 4.78 is 7.30. The molecule has 0 fully saturated rings. The third-order valence-electron chi connectivity index (χ3n) is 3.43. The zero-order valence-electron chi connectivity index (χ0n) is 12.0. The highest BCUT2D eigenvalue weighted by molar-refractivity contribution is 6.04. The Kier molecular flexibility index (Phi) is 3.12. The highest BCUT2D eigenvalue weighted by Crippen LogP contribution is 2.21. The molecule has 3 heterocycles. The summed E-state index contributed by atoms with van der Waals surface area (Å²) >= 11 is 0. The average Bonchev–Trinajstić information content (AvgIpc) is 3.22. The molecule has 1 amide bonds. The predicted octanol–water partition coefficient (Wildman–Crippen LogP) is 3.24. The first-order valence-corrected chi connectivity index (χ1v) is 7.06. The van der Waals surface area contributed by atoms with E-state index in [1.807, 2.05) is 54.7 Å². The summed E-state index contributed by atoms with van der Waals surface area (Å²) in [5, 5.41) is 11.0. The Bertz CT molecular complexity index is 972. The van der Waals surface area contributed by atoms with Gasteiger partial charge in [-0.25, -0.2) is 0 Å². The Morgan fingerprint density at radius 3 is 2.74 bits per heavy atom. The summed E-state index contributed by atoms with van der Waals surface area (Å²) in [5.41, 5.74) is 1.87. The fourth-order valence-electron chi connectivity index (χ4n) is 2.31. The molecule has 0 aliphatic carbocycles. The largest absolute Gasteiger partial charge is 0.460 e. The van der Waals surface area contributed by atoms with Gasteiger partial charge in [-0.1, -0.05) is 24.3 Å². The van der Waals surface area contributed by atoms with Crippen molar-refractivity contribution in [3.05, 3.63) is 72.6 Å². The van der Waals surface area contributed by atoms with Crippen molar-refractivity contribution in [2.75, 3.05) is 5.32 Å². The van der Waals surface area contributed by atoms with Crippen LogP contribution in [-0.4, -0.2) is 20.5 Å². The first-order chi connectivity index (χ1) is 11.3. The van der Waals surface area contributed by atoms with E-state index in [2.05, 4.69) is 15.5 Å². The zero-order valence-corrected chi connectivity index (χ0v) is 12.0. The lowest BCUT2D eigenvalue weighted by atomic mass is 10.2. The molecule has 112 valence electrons. The van der Waals surface area contributed by atoms with Crippen LogP contribution < -0.4 is 5.32 Å². The number of hydrogen-bond acceptors (Lipinski definition) is 4. The Hall–Kier alpha value is -3.41. The molecule has 0 unspecified atom stereocenters. The summed E-state index contributed by atoms with van der Waals surface area (Å²) in [6.45, 7) is 0. The van der Waals surface area contributed by atoms with Crippen LogP contribution in [0.2, 0.25) is 0 Å². The van der Waals surface area contributed by atoms with Gasteiger partial charge in [0.25, 0.3) is 5.91 Å². The number of carbonyl (C=O) groups excluding carboxylic acids is 1. The van der Waals surface area contributed by atoms with Gasteiger partial charge in [0.15, 0.2) is 11.4 Å².